The molecule has 26 heavy (non-hydrogen) atoms. The van der Waals surface area contributed by atoms with Crippen LogP contribution in [0.4, 0.5) is 4.79 Å². The van der Waals surface area contributed by atoms with E-state index in [0.717, 1.165) is 0 Å². The summed E-state index contributed by atoms with van der Waals surface area (Å²) in [7, 11) is 3.46. The van der Waals surface area contributed by atoms with Gasteiger partial charge >= 0.3 is 6.03 Å². The van der Waals surface area contributed by atoms with Crippen molar-refractivity contribution in [1.29, 1.82) is 5.41 Å². The van der Waals surface area contributed by atoms with Crippen molar-refractivity contribution in [2.45, 2.75) is 12.8 Å². The number of nitrogen functional groups attached to an aromatic ring is 1. The summed E-state index contributed by atoms with van der Waals surface area (Å²) in [4.78, 5) is 27.5. The number of urea groups is 1. The van der Waals surface area contributed by atoms with Gasteiger partial charge in [0, 0.05) is 38.7 Å². The number of amidine groups is 1. The number of hydrogen-bond donors (Lipinski definition) is 3. The Labute approximate surface area is 153 Å². The largest absolute Gasteiger partial charge is 0.492 e. The second-order valence-electron chi connectivity index (χ2n) is 6.52. The lowest BCUT2D eigenvalue weighted by atomic mass is 9.96. The Morgan fingerprint density at radius 3 is 2.65 bits per heavy atom. The van der Waals surface area contributed by atoms with E-state index in [1.54, 1.807) is 48.2 Å². The molecule has 0 saturated carbocycles. The molecule has 1 aliphatic rings. The average molecular weight is 361 g/mol. The van der Waals surface area contributed by atoms with E-state index in [-0.39, 0.29) is 23.7 Å². The number of hydrogen-bond acceptors (Lipinski definition) is 4. The highest BCUT2D eigenvalue weighted by Crippen LogP contribution is 2.18. The van der Waals surface area contributed by atoms with E-state index in [0.29, 0.717) is 50.4 Å². The quantitative estimate of drug-likeness (QED) is 0.396. The zero-order valence-electron chi connectivity index (χ0n) is 15.3. The maximum Gasteiger partial charge on any atom is 0.319 e. The van der Waals surface area contributed by atoms with E-state index in [2.05, 4.69) is 5.32 Å². The first-order chi connectivity index (χ1) is 12.4. The van der Waals surface area contributed by atoms with E-state index in [1.165, 1.54) is 0 Å². The minimum Gasteiger partial charge on any atom is -0.492 e. The van der Waals surface area contributed by atoms with E-state index in [4.69, 9.17) is 15.9 Å². The Bertz CT molecular complexity index is 654. The van der Waals surface area contributed by atoms with Crippen LogP contribution < -0.4 is 15.8 Å². The lowest BCUT2D eigenvalue weighted by Gasteiger charge is -2.33. The molecule has 8 heteroatoms. The summed E-state index contributed by atoms with van der Waals surface area (Å²) in [6, 6.07) is 6.98. The summed E-state index contributed by atoms with van der Waals surface area (Å²) < 4.78 is 5.58. The van der Waals surface area contributed by atoms with Gasteiger partial charge in [-0.2, -0.15) is 0 Å². The highest BCUT2D eigenvalue weighted by atomic mass is 16.5. The third-order valence-corrected chi connectivity index (χ3v) is 4.33. The lowest BCUT2D eigenvalue weighted by Crippen LogP contribution is -2.46. The van der Waals surface area contributed by atoms with Crippen LogP contribution in [0, 0.1) is 11.3 Å². The van der Waals surface area contributed by atoms with Crippen LogP contribution >= 0.6 is 0 Å². The molecular formula is C18H27N5O3. The summed E-state index contributed by atoms with van der Waals surface area (Å²) >= 11 is 0. The van der Waals surface area contributed by atoms with Crippen molar-refractivity contribution in [3.63, 3.8) is 0 Å². The zero-order chi connectivity index (χ0) is 19.1. The molecule has 1 aromatic rings. The number of amides is 3. The van der Waals surface area contributed by atoms with Crippen LogP contribution in [0.3, 0.4) is 0 Å². The average Bonchev–Trinajstić information content (AvgIpc) is 2.64. The Morgan fingerprint density at radius 1 is 1.35 bits per heavy atom. The number of piperidine rings is 1. The number of nitrogens with two attached hydrogens (primary N) is 1. The predicted molar refractivity (Wildman–Crippen MR) is 99.3 cm³/mol. The Hall–Kier alpha value is -2.77. The molecule has 1 saturated heterocycles. The Morgan fingerprint density at radius 2 is 2.04 bits per heavy atom. The maximum atomic E-state index is 12.2. The number of ether oxygens (including phenoxy) is 1. The zero-order valence-corrected chi connectivity index (χ0v) is 15.3. The van der Waals surface area contributed by atoms with E-state index in [9.17, 15) is 9.59 Å². The van der Waals surface area contributed by atoms with Gasteiger partial charge in [0.1, 0.15) is 18.2 Å². The second kappa shape index (κ2) is 9.07. The molecule has 1 heterocycles. The molecule has 0 radical (unpaired) electrons. The first-order valence-electron chi connectivity index (χ1n) is 8.69. The van der Waals surface area contributed by atoms with Crippen LogP contribution in [0.2, 0.25) is 0 Å². The molecule has 142 valence electrons. The molecule has 8 nitrogen and oxygen atoms in total. The molecule has 3 amide bonds. The molecule has 4 N–H and O–H groups in total. The Balaban J connectivity index is 1.69. The van der Waals surface area contributed by atoms with Crippen LogP contribution in [-0.4, -0.2) is 67.9 Å². The minimum atomic E-state index is -0.0674. The molecule has 0 bridgehead atoms. The SMILES string of the molecule is CN(C)C(=O)N1CCC(C(=O)NCCOc2cccc(C(=N)N)c2)CC1. The van der Waals surface area contributed by atoms with E-state index < -0.39 is 0 Å². The first kappa shape index (κ1) is 19.6. The molecule has 0 atom stereocenters. The highest BCUT2D eigenvalue weighted by Gasteiger charge is 2.27. The molecule has 1 fully saturated rings. The first-order valence-corrected chi connectivity index (χ1v) is 8.69. The van der Waals surface area contributed by atoms with Gasteiger partial charge in [0.15, 0.2) is 0 Å². The smallest absolute Gasteiger partial charge is 0.319 e. The summed E-state index contributed by atoms with van der Waals surface area (Å²) in [6.07, 6.45) is 1.35. The third-order valence-electron chi connectivity index (χ3n) is 4.33. The fourth-order valence-electron chi connectivity index (χ4n) is 2.86. The Kier molecular flexibility index (Phi) is 6.82. The van der Waals surface area contributed by atoms with Crippen molar-refractivity contribution in [3.8, 4) is 5.75 Å². The molecule has 0 unspecified atom stereocenters. The van der Waals surface area contributed by atoms with Crippen LogP contribution in [0.1, 0.15) is 18.4 Å². The summed E-state index contributed by atoms with van der Waals surface area (Å²) in [5.41, 5.74) is 6.05. The van der Waals surface area contributed by atoms with Crippen LogP contribution in [-0.2, 0) is 4.79 Å². The van der Waals surface area contributed by atoms with Gasteiger partial charge in [0.05, 0.1) is 6.54 Å². The molecule has 0 aliphatic carbocycles. The van der Waals surface area contributed by atoms with Crippen molar-refractivity contribution in [1.82, 2.24) is 15.1 Å². The predicted octanol–water partition coefficient (Wildman–Crippen LogP) is 0.859. The summed E-state index contributed by atoms with van der Waals surface area (Å²) in [6.45, 7) is 1.94. The lowest BCUT2D eigenvalue weighted by molar-refractivity contribution is -0.126. The molecule has 1 aromatic carbocycles. The number of rotatable bonds is 6. The molecule has 0 spiro atoms. The van der Waals surface area contributed by atoms with Gasteiger partial charge in [-0.1, -0.05) is 12.1 Å². The van der Waals surface area contributed by atoms with Crippen LogP contribution in [0.5, 0.6) is 5.75 Å². The van der Waals surface area contributed by atoms with E-state index >= 15 is 0 Å². The van der Waals surface area contributed by atoms with E-state index in [1.807, 2.05) is 0 Å². The van der Waals surface area contributed by atoms with Gasteiger partial charge in [0.2, 0.25) is 5.91 Å². The highest BCUT2D eigenvalue weighted by molar-refractivity contribution is 5.95. The van der Waals surface area contributed by atoms with Crippen molar-refractivity contribution in [3.05, 3.63) is 29.8 Å². The number of benzene rings is 1. The number of likely N-dealkylation sites (tertiary alicyclic amines) is 1. The van der Waals surface area contributed by atoms with Gasteiger partial charge in [-0.25, -0.2) is 4.79 Å². The standard InChI is InChI=1S/C18H27N5O3/c1-22(2)18(25)23-9-6-13(7-10-23)17(24)21-8-11-26-15-5-3-4-14(12-15)16(19)20/h3-5,12-13H,6-11H2,1-2H3,(H3,19,20)(H,21,24). The van der Waals surface area contributed by atoms with Crippen molar-refractivity contribution in [2.75, 3.05) is 40.3 Å². The van der Waals surface area contributed by atoms with Crippen molar-refractivity contribution in [2.24, 2.45) is 11.7 Å². The fourth-order valence-corrected chi connectivity index (χ4v) is 2.86. The minimum absolute atomic E-state index is 0.00281. The monoisotopic (exact) mass is 361 g/mol. The van der Waals surface area contributed by atoms with Crippen molar-refractivity contribution < 1.29 is 14.3 Å². The summed E-state index contributed by atoms with van der Waals surface area (Å²) in [5, 5.41) is 10.3. The fraction of sp³-hybridized carbons (Fsp3) is 0.500. The van der Waals surface area contributed by atoms with Gasteiger partial charge in [0.25, 0.3) is 0 Å². The van der Waals surface area contributed by atoms with Gasteiger partial charge in [-0.15, -0.1) is 0 Å². The third kappa shape index (κ3) is 5.37. The van der Waals surface area contributed by atoms with Gasteiger partial charge in [-0.3, -0.25) is 10.2 Å². The molecule has 1 aliphatic heterocycles. The second-order valence-corrected chi connectivity index (χ2v) is 6.52. The van der Waals surface area contributed by atoms with Crippen LogP contribution in [0.25, 0.3) is 0 Å². The number of carbonyl (C=O) groups is 2. The molecular weight excluding hydrogens is 334 g/mol. The van der Waals surface area contributed by atoms with Gasteiger partial charge < -0.3 is 25.6 Å². The van der Waals surface area contributed by atoms with Crippen LogP contribution in [0.15, 0.2) is 24.3 Å². The summed E-state index contributed by atoms with van der Waals surface area (Å²) in [5.74, 6) is 0.538. The molecule has 0 aromatic heterocycles. The topological polar surface area (TPSA) is 112 Å². The van der Waals surface area contributed by atoms with Gasteiger partial charge in [-0.05, 0) is 25.0 Å². The number of nitrogens with zero attached hydrogens (tertiary/aromatic N) is 2. The number of carbonyl (C=O) groups excluding carboxylic acids is 2. The number of nitrogens with one attached hydrogen (secondary N) is 2. The van der Waals surface area contributed by atoms with Crippen molar-refractivity contribution >= 4 is 17.8 Å². The molecule has 2 rings (SSSR count). The normalized spacial score (nSPS) is 14.6. The maximum absolute atomic E-state index is 12.2.